The fourth-order valence-electron chi connectivity index (χ4n) is 8.59. The van der Waals surface area contributed by atoms with Gasteiger partial charge in [0.25, 0.3) is 11.1 Å². The summed E-state index contributed by atoms with van der Waals surface area (Å²) in [5.41, 5.74) is 1.66. The van der Waals surface area contributed by atoms with Gasteiger partial charge in [0.1, 0.15) is 11.6 Å². The topological polar surface area (TPSA) is 167 Å². The van der Waals surface area contributed by atoms with Gasteiger partial charge in [-0.1, -0.05) is 0 Å². The predicted molar refractivity (Wildman–Crippen MR) is 231 cm³/mol. The van der Waals surface area contributed by atoms with E-state index in [0.29, 0.717) is 88.3 Å². The molecule has 0 amide bonds. The summed E-state index contributed by atoms with van der Waals surface area (Å²) in [6.45, 7) is 13.6. The van der Waals surface area contributed by atoms with Crippen LogP contribution in [0.2, 0.25) is 0 Å². The van der Waals surface area contributed by atoms with E-state index in [2.05, 4.69) is 63.9 Å². The zero-order valence-electron chi connectivity index (χ0n) is 35.7. The highest BCUT2D eigenvalue weighted by molar-refractivity contribution is 5.82. The van der Waals surface area contributed by atoms with Crippen LogP contribution < -0.4 is 16.4 Å². The minimum atomic E-state index is -1.68. The largest absolute Gasteiger partial charge is 0.316 e. The average molecular weight is 863 g/mol. The zero-order valence-corrected chi connectivity index (χ0v) is 35.7. The highest BCUT2D eigenvalue weighted by Gasteiger charge is 2.40. The zero-order chi connectivity index (χ0) is 44.5. The molecule has 0 unspecified atom stereocenters. The van der Waals surface area contributed by atoms with Gasteiger partial charge in [-0.3, -0.25) is 9.59 Å². The van der Waals surface area contributed by atoms with Gasteiger partial charge in [0, 0.05) is 80.7 Å². The van der Waals surface area contributed by atoms with Gasteiger partial charge < -0.3 is 29.0 Å². The molecular weight excluding hydrogens is 817 g/mol. The number of hydrogen-bond donors (Lipinski definition) is 3. The molecule has 2 saturated heterocycles. The number of nitrogens with one attached hydrogen (secondary N) is 3. The molecule has 0 atom stereocenters. The van der Waals surface area contributed by atoms with Crippen molar-refractivity contribution in [3.8, 4) is 22.5 Å². The van der Waals surface area contributed by atoms with E-state index < -0.39 is 34.1 Å². The summed E-state index contributed by atoms with van der Waals surface area (Å²) >= 11 is 0. The number of pyridine rings is 4. The van der Waals surface area contributed by atoms with Crippen molar-refractivity contribution in [3.05, 3.63) is 116 Å². The van der Waals surface area contributed by atoms with Crippen molar-refractivity contribution in [3.63, 3.8) is 0 Å². The van der Waals surface area contributed by atoms with Gasteiger partial charge >= 0.3 is 0 Å². The SMILES string of the molecule is Cc1cn2cc(-c3cc(C)c4nc(C5(F)CCN(C(C)C)CC5)[nH]c(=O)c4n3)cc(F)c2n1.Cc1cn2cc(-c3cc(C)c4nc(C5(F)CCNCC5)[nH]c(=O)c4n3)cc(F)c2n1. The first-order chi connectivity index (χ1) is 30.0. The Bertz CT molecular complexity index is 3210. The lowest BCUT2D eigenvalue weighted by Gasteiger charge is -2.37. The molecular formula is C45H46F4N12O2. The van der Waals surface area contributed by atoms with Crippen molar-refractivity contribution in [2.45, 2.75) is 84.6 Å². The van der Waals surface area contributed by atoms with Crippen LogP contribution in [0.15, 0.2) is 58.6 Å². The number of hydrogen-bond acceptors (Lipinski definition) is 10. The highest BCUT2D eigenvalue weighted by atomic mass is 19.2. The van der Waals surface area contributed by atoms with Crippen LogP contribution in [0.3, 0.4) is 0 Å². The number of H-pyrrole nitrogens is 2. The molecule has 2 fully saturated rings. The molecule has 0 aromatic carbocycles. The molecule has 14 nitrogen and oxygen atoms in total. The van der Waals surface area contributed by atoms with E-state index in [9.17, 15) is 18.4 Å². The molecule has 18 heteroatoms. The Balaban J connectivity index is 0.000000161. The second kappa shape index (κ2) is 15.7. The Morgan fingerprint density at radius 2 is 1.02 bits per heavy atom. The lowest BCUT2D eigenvalue weighted by molar-refractivity contribution is 0.0360. The monoisotopic (exact) mass is 862 g/mol. The summed E-state index contributed by atoms with van der Waals surface area (Å²) in [5.74, 6) is -0.856. The molecule has 0 saturated carbocycles. The molecule has 0 spiro atoms. The molecule has 10 heterocycles. The molecule has 0 radical (unpaired) electrons. The second-order valence-electron chi connectivity index (χ2n) is 17.1. The van der Waals surface area contributed by atoms with Crippen LogP contribution in [0, 0.1) is 39.3 Å². The number of rotatable bonds is 5. The fraction of sp³-hybridized carbons (Fsp3) is 0.378. The average Bonchev–Trinajstić information content (AvgIpc) is 3.83. The summed E-state index contributed by atoms with van der Waals surface area (Å²) in [6.07, 6.45) is 7.92. The number of likely N-dealkylation sites (tertiary alicyclic amines) is 1. The number of piperidine rings is 2. The van der Waals surface area contributed by atoms with E-state index >= 15 is 8.78 Å². The van der Waals surface area contributed by atoms with E-state index in [1.807, 2.05) is 0 Å². The predicted octanol–water partition coefficient (Wildman–Crippen LogP) is 6.99. The minimum absolute atomic E-state index is 0.0421. The number of alkyl halides is 2. The third-order valence-corrected chi connectivity index (χ3v) is 12.1. The Morgan fingerprint density at radius 3 is 1.44 bits per heavy atom. The maximum Gasteiger partial charge on any atom is 0.277 e. The van der Waals surface area contributed by atoms with Gasteiger partial charge in [-0.25, -0.2) is 47.5 Å². The summed E-state index contributed by atoms with van der Waals surface area (Å²) < 4.78 is 63.4. The number of fused-ring (bicyclic) bond motifs is 4. The summed E-state index contributed by atoms with van der Waals surface area (Å²) in [6, 6.07) is 6.52. The first kappa shape index (κ1) is 41.9. The molecule has 2 aliphatic heterocycles. The standard InChI is InChI=1S/C24H26F2N6O.C21H20F2N6O/c1-13(2)31-7-5-24(26,6-8-31)23-29-19-14(3)9-18(28-20(19)22(33)30-23)16-10-17(25)21-27-15(4)11-32(21)12-16;1-11-7-15(13-8-14(22)18-25-12(2)9-29(18)10-13)26-17-16(11)27-20(28-19(17)30)21(23)3-5-24-6-4-21/h9-13H,5-8H2,1-4H3,(H,29,30,33);7-10,24H,3-6H2,1-2H3,(H,27,28,30). The van der Waals surface area contributed by atoms with E-state index in [4.69, 9.17) is 0 Å². The van der Waals surface area contributed by atoms with E-state index in [1.165, 1.54) is 12.1 Å². The number of aryl methyl sites for hydroxylation is 4. The summed E-state index contributed by atoms with van der Waals surface area (Å²) in [5, 5.41) is 3.11. The number of aromatic nitrogens is 10. The summed E-state index contributed by atoms with van der Waals surface area (Å²) in [7, 11) is 0. The van der Waals surface area contributed by atoms with Crippen LogP contribution in [0.4, 0.5) is 17.6 Å². The van der Waals surface area contributed by atoms with E-state index in [1.54, 1.807) is 73.4 Å². The van der Waals surface area contributed by atoms with Crippen LogP contribution in [-0.2, 0) is 11.3 Å². The second-order valence-corrected chi connectivity index (χ2v) is 17.1. The first-order valence-corrected chi connectivity index (χ1v) is 21.0. The van der Waals surface area contributed by atoms with Gasteiger partial charge in [0.2, 0.25) is 0 Å². The third kappa shape index (κ3) is 7.75. The molecule has 8 aromatic rings. The maximum atomic E-state index is 15.8. The highest BCUT2D eigenvalue weighted by Crippen LogP contribution is 2.37. The number of halogens is 4. The van der Waals surface area contributed by atoms with Crippen molar-refractivity contribution >= 4 is 33.4 Å². The Hall–Kier alpha value is -6.40. The van der Waals surface area contributed by atoms with Gasteiger partial charge in [-0.05, 0) is 90.0 Å². The molecule has 10 rings (SSSR count). The van der Waals surface area contributed by atoms with Crippen molar-refractivity contribution in [1.82, 2.24) is 58.9 Å². The molecule has 326 valence electrons. The molecule has 63 heavy (non-hydrogen) atoms. The third-order valence-electron chi connectivity index (χ3n) is 12.1. The van der Waals surface area contributed by atoms with Crippen LogP contribution in [0.5, 0.6) is 0 Å². The van der Waals surface area contributed by atoms with Crippen LogP contribution >= 0.6 is 0 Å². The van der Waals surface area contributed by atoms with Gasteiger partial charge in [-0.2, -0.15) is 0 Å². The van der Waals surface area contributed by atoms with Crippen molar-refractivity contribution in [2.24, 2.45) is 0 Å². The van der Waals surface area contributed by atoms with Crippen molar-refractivity contribution < 1.29 is 17.6 Å². The Labute approximate surface area is 357 Å². The molecule has 0 bridgehead atoms. The normalized spacial score (nSPS) is 16.6. The number of aromatic amines is 2. The van der Waals surface area contributed by atoms with E-state index in [0.717, 1.165) is 0 Å². The van der Waals surface area contributed by atoms with Crippen LogP contribution in [0.1, 0.15) is 73.7 Å². The fourth-order valence-corrected chi connectivity index (χ4v) is 8.59. The molecule has 3 N–H and O–H groups in total. The smallest absolute Gasteiger partial charge is 0.277 e. The number of nitrogens with zero attached hydrogens (tertiary/aromatic N) is 9. The molecule has 2 aliphatic rings. The van der Waals surface area contributed by atoms with Crippen LogP contribution in [0.25, 0.3) is 55.9 Å². The lowest BCUT2D eigenvalue weighted by Crippen LogP contribution is -2.44. The lowest BCUT2D eigenvalue weighted by atomic mass is 9.91. The minimum Gasteiger partial charge on any atom is -0.316 e. The van der Waals surface area contributed by atoms with Gasteiger partial charge in [0.15, 0.2) is 45.3 Å². The quantitative estimate of drug-likeness (QED) is 0.154. The van der Waals surface area contributed by atoms with Crippen LogP contribution in [-0.4, -0.2) is 85.8 Å². The number of imidazole rings is 2. The van der Waals surface area contributed by atoms with Gasteiger partial charge in [0.05, 0.1) is 33.8 Å². The van der Waals surface area contributed by atoms with E-state index in [-0.39, 0.29) is 59.7 Å². The van der Waals surface area contributed by atoms with Crippen molar-refractivity contribution in [1.29, 1.82) is 0 Å². The Morgan fingerprint density at radius 1 is 0.587 bits per heavy atom. The maximum absolute atomic E-state index is 15.8. The molecule has 8 aromatic heterocycles. The Kier molecular flexibility index (Phi) is 10.5. The van der Waals surface area contributed by atoms with Gasteiger partial charge in [-0.15, -0.1) is 0 Å². The summed E-state index contributed by atoms with van der Waals surface area (Å²) in [4.78, 5) is 59.3. The molecule has 0 aliphatic carbocycles. The van der Waals surface area contributed by atoms with Crippen molar-refractivity contribution in [2.75, 3.05) is 26.2 Å². The first-order valence-electron chi connectivity index (χ1n) is 21.0.